The Morgan fingerprint density at radius 2 is 2.28 bits per heavy atom. The van der Waals surface area contributed by atoms with E-state index in [9.17, 15) is 4.79 Å². The third-order valence-electron chi connectivity index (χ3n) is 2.27. The first-order valence-corrected chi connectivity index (χ1v) is 6.14. The smallest absolute Gasteiger partial charge is 0.255 e. The second kappa shape index (κ2) is 7.66. The van der Waals surface area contributed by atoms with Crippen molar-refractivity contribution in [3.8, 4) is 0 Å². The summed E-state index contributed by atoms with van der Waals surface area (Å²) in [6, 6.07) is 3.48. The van der Waals surface area contributed by atoms with Gasteiger partial charge in [0, 0.05) is 26.4 Å². The predicted molar refractivity (Wildman–Crippen MR) is 71.8 cm³/mol. The molecule has 1 rings (SSSR count). The van der Waals surface area contributed by atoms with Crippen LogP contribution in [0.1, 0.15) is 24.2 Å². The lowest BCUT2D eigenvalue weighted by atomic mass is 10.2. The second-order valence-electron chi connectivity index (χ2n) is 4.37. The Hall–Kier alpha value is -1.62. The summed E-state index contributed by atoms with van der Waals surface area (Å²) in [6.07, 6.45) is 1.65. The number of anilines is 1. The van der Waals surface area contributed by atoms with Crippen molar-refractivity contribution in [2.45, 2.75) is 13.8 Å². The van der Waals surface area contributed by atoms with E-state index in [4.69, 9.17) is 4.74 Å². The van der Waals surface area contributed by atoms with Crippen molar-refractivity contribution >= 4 is 11.7 Å². The van der Waals surface area contributed by atoms with Gasteiger partial charge >= 0.3 is 0 Å². The van der Waals surface area contributed by atoms with Gasteiger partial charge in [-0.2, -0.15) is 0 Å². The molecule has 2 N–H and O–H groups in total. The van der Waals surface area contributed by atoms with Gasteiger partial charge in [0.15, 0.2) is 0 Å². The summed E-state index contributed by atoms with van der Waals surface area (Å²) < 4.78 is 5.39. The van der Waals surface area contributed by atoms with Crippen LogP contribution in [0, 0.1) is 5.92 Å². The number of carbonyl (C=O) groups excluding carboxylic acids is 1. The minimum absolute atomic E-state index is 0.138. The van der Waals surface area contributed by atoms with Gasteiger partial charge in [0.25, 0.3) is 5.91 Å². The molecular formula is C13H21N3O2. The van der Waals surface area contributed by atoms with Crippen LogP contribution in [0.15, 0.2) is 18.3 Å². The fraction of sp³-hybridized carbons (Fsp3) is 0.538. The minimum Gasteiger partial charge on any atom is -0.379 e. The van der Waals surface area contributed by atoms with Crippen LogP contribution < -0.4 is 10.6 Å². The molecule has 18 heavy (non-hydrogen) atoms. The van der Waals surface area contributed by atoms with E-state index >= 15 is 0 Å². The first-order chi connectivity index (χ1) is 8.65. The zero-order chi connectivity index (χ0) is 13.4. The number of nitrogens with one attached hydrogen (secondary N) is 2. The summed E-state index contributed by atoms with van der Waals surface area (Å²) in [7, 11) is 1.74. The molecule has 0 aliphatic heterocycles. The van der Waals surface area contributed by atoms with Crippen LogP contribution in [-0.2, 0) is 4.74 Å². The Morgan fingerprint density at radius 3 is 2.94 bits per heavy atom. The number of amides is 1. The largest absolute Gasteiger partial charge is 0.379 e. The van der Waals surface area contributed by atoms with E-state index in [1.165, 1.54) is 0 Å². The van der Waals surface area contributed by atoms with Gasteiger partial charge in [0.05, 0.1) is 12.2 Å². The number of nitrogens with zero attached hydrogens (tertiary/aromatic N) is 1. The van der Waals surface area contributed by atoms with E-state index in [0.29, 0.717) is 37.1 Å². The Morgan fingerprint density at radius 1 is 1.50 bits per heavy atom. The number of ether oxygens (including phenoxy) is 1. The molecular weight excluding hydrogens is 230 g/mol. The normalized spacial score (nSPS) is 10.4. The minimum atomic E-state index is -0.138. The number of carbonyl (C=O) groups is 1. The van der Waals surface area contributed by atoms with E-state index < -0.39 is 0 Å². The van der Waals surface area contributed by atoms with Crippen molar-refractivity contribution in [1.29, 1.82) is 0 Å². The maximum Gasteiger partial charge on any atom is 0.255 e. The average molecular weight is 251 g/mol. The molecule has 5 heteroatoms. The van der Waals surface area contributed by atoms with Crippen LogP contribution in [0.25, 0.3) is 0 Å². The van der Waals surface area contributed by atoms with Crippen molar-refractivity contribution in [2.75, 3.05) is 32.1 Å². The molecule has 100 valence electrons. The fourth-order valence-corrected chi connectivity index (χ4v) is 1.44. The van der Waals surface area contributed by atoms with E-state index in [2.05, 4.69) is 29.5 Å². The molecule has 0 aliphatic carbocycles. The van der Waals surface area contributed by atoms with Crippen LogP contribution in [-0.4, -0.2) is 37.7 Å². The molecule has 1 aromatic heterocycles. The van der Waals surface area contributed by atoms with Crippen LogP contribution in [0.3, 0.4) is 0 Å². The molecule has 0 aromatic carbocycles. The van der Waals surface area contributed by atoms with Gasteiger partial charge in [-0.15, -0.1) is 0 Å². The topological polar surface area (TPSA) is 63.2 Å². The molecule has 0 bridgehead atoms. The Kier molecular flexibility index (Phi) is 6.14. The van der Waals surface area contributed by atoms with E-state index in [1.54, 1.807) is 25.4 Å². The average Bonchev–Trinajstić information content (AvgIpc) is 2.37. The summed E-state index contributed by atoms with van der Waals surface area (Å²) in [5, 5.41) is 5.69. The number of aromatic nitrogens is 1. The number of pyridine rings is 1. The second-order valence-corrected chi connectivity index (χ2v) is 4.37. The summed E-state index contributed by atoms with van der Waals surface area (Å²) in [6.45, 7) is 5.92. The molecule has 1 aromatic rings. The Labute approximate surface area is 108 Å². The Bertz CT molecular complexity index is 380. The lowest BCUT2D eigenvalue weighted by Crippen LogP contribution is -2.28. The highest BCUT2D eigenvalue weighted by atomic mass is 16.5. The maximum absolute atomic E-state index is 11.9. The first kappa shape index (κ1) is 14.4. The van der Waals surface area contributed by atoms with Gasteiger partial charge in [0.2, 0.25) is 0 Å². The lowest BCUT2D eigenvalue weighted by molar-refractivity contribution is 0.0886. The van der Waals surface area contributed by atoms with E-state index in [-0.39, 0.29) is 5.91 Å². The van der Waals surface area contributed by atoms with Crippen molar-refractivity contribution in [3.05, 3.63) is 23.9 Å². The van der Waals surface area contributed by atoms with Gasteiger partial charge in [-0.05, 0) is 18.1 Å². The highest BCUT2D eigenvalue weighted by molar-refractivity contribution is 5.98. The van der Waals surface area contributed by atoms with Gasteiger partial charge in [-0.1, -0.05) is 13.8 Å². The number of rotatable bonds is 7. The highest BCUT2D eigenvalue weighted by Crippen LogP contribution is 2.09. The molecule has 0 aliphatic rings. The molecule has 1 amide bonds. The SMILES string of the molecule is CNc1ncccc1C(=O)NCCOCC(C)C. The quantitative estimate of drug-likeness (QED) is 0.721. The molecule has 0 unspecified atom stereocenters. The number of hydrogen-bond acceptors (Lipinski definition) is 4. The molecule has 0 fully saturated rings. The van der Waals surface area contributed by atoms with Gasteiger partial charge < -0.3 is 15.4 Å². The third kappa shape index (κ3) is 4.71. The summed E-state index contributed by atoms with van der Waals surface area (Å²) in [4.78, 5) is 16.0. The van der Waals surface area contributed by atoms with Gasteiger partial charge in [0.1, 0.15) is 5.82 Å². The molecule has 0 atom stereocenters. The molecule has 0 spiro atoms. The molecule has 0 saturated heterocycles. The van der Waals surface area contributed by atoms with Crippen LogP contribution in [0.4, 0.5) is 5.82 Å². The summed E-state index contributed by atoms with van der Waals surface area (Å²) >= 11 is 0. The van der Waals surface area contributed by atoms with Crippen molar-refractivity contribution < 1.29 is 9.53 Å². The molecule has 5 nitrogen and oxygen atoms in total. The standard InChI is InChI=1S/C13H21N3O2/c1-10(2)9-18-8-7-16-13(17)11-5-4-6-15-12(11)14-3/h4-6,10H,7-9H2,1-3H3,(H,14,15)(H,16,17). The predicted octanol–water partition coefficient (Wildman–Crippen LogP) is 1.53. The van der Waals surface area contributed by atoms with Crippen molar-refractivity contribution in [3.63, 3.8) is 0 Å². The van der Waals surface area contributed by atoms with Crippen LogP contribution in [0.5, 0.6) is 0 Å². The Balaban J connectivity index is 2.36. The van der Waals surface area contributed by atoms with Gasteiger partial charge in [-0.25, -0.2) is 4.98 Å². The zero-order valence-electron chi connectivity index (χ0n) is 11.2. The molecule has 1 heterocycles. The zero-order valence-corrected chi connectivity index (χ0v) is 11.2. The fourth-order valence-electron chi connectivity index (χ4n) is 1.44. The van der Waals surface area contributed by atoms with Crippen molar-refractivity contribution in [1.82, 2.24) is 10.3 Å². The van der Waals surface area contributed by atoms with Crippen LogP contribution in [0.2, 0.25) is 0 Å². The van der Waals surface area contributed by atoms with Gasteiger partial charge in [-0.3, -0.25) is 4.79 Å². The van der Waals surface area contributed by atoms with E-state index in [1.807, 2.05) is 0 Å². The molecule has 0 radical (unpaired) electrons. The molecule has 0 saturated carbocycles. The maximum atomic E-state index is 11.9. The number of hydrogen-bond donors (Lipinski definition) is 2. The summed E-state index contributed by atoms with van der Waals surface area (Å²) in [5.41, 5.74) is 0.545. The first-order valence-electron chi connectivity index (χ1n) is 6.14. The summed E-state index contributed by atoms with van der Waals surface area (Å²) in [5.74, 6) is 0.952. The highest BCUT2D eigenvalue weighted by Gasteiger charge is 2.10. The monoisotopic (exact) mass is 251 g/mol. The van der Waals surface area contributed by atoms with Crippen molar-refractivity contribution in [2.24, 2.45) is 5.92 Å². The third-order valence-corrected chi connectivity index (χ3v) is 2.27. The van der Waals surface area contributed by atoms with Crippen LogP contribution >= 0.6 is 0 Å². The van der Waals surface area contributed by atoms with E-state index in [0.717, 1.165) is 0 Å². The lowest BCUT2D eigenvalue weighted by Gasteiger charge is -2.10.